The van der Waals surface area contributed by atoms with Crippen molar-refractivity contribution in [2.75, 3.05) is 13.6 Å². The molecule has 82 valence electrons. The fourth-order valence-corrected chi connectivity index (χ4v) is 1.94. The third-order valence-electron chi connectivity index (χ3n) is 2.74. The van der Waals surface area contributed by atoms with Gasteiger partial charge in [0.1, 0.15) is 0 Å². The molecule has 15 heavy (non-hydrogen) atoms. The summed E-state index contributed by atoms with van der Waals surface area (Å²) in [6, 6.07) is 0.355. The average molecular weight is 208 g/mol. The first-order valence-electron chi connectivity index (χ1n) is 5.23. The number of hydrogen-bond acceptors (Lipinski definition) is 3. The van der Waals surface area contributed by atoms with E-state index in [9.17, 15) is 4.79 Å². The monoisotopic (exact) mass is 208 g/mol. The molecule has 1 aromatic rings. The molecule has 0 saturated carbocycles. The Morgan fingerprint density at radius 2 is 2.60 bits per heavy atom. The van der Waals surface area contributed by atoms with Crippen molar-refractivity contribution in [2.45, 2.75) is 25.4 Å². The molecule has 1 saturated heterocycles. The van der Waals surface area contributed by atoms with Gasteiger partial charge in [0.2, 0.25) is 5.91 Å². The zero-order valence-corrected chi connectivity index (χ0v) is 8.86. The topological polar surface area (TPSA) is 59.0 Å². The lowest BCUT2D eigenvalue weighted by molar-refractivity contribution is -0.122. The van der Waals surface area contributed by atoms with Gasteiger partial charge in [-0.1, -0.05) is 0 Å². The molecular formula is C10H16N4O. The third kappa shape index (κ3) is 2.18. The lowest BCUT2D eigenvalue weighted by Gasteiger charge is -2.25. The van der Waals surface area contributed by atoms with Gasteiger partial charge in [-0.25, -0.2) is 4.98 Å². The molecule has 0 spiro atoms. The number of nitrogens with zero attached hydrogens (tertiary/aromatic N) is 2. The molecule has 2 rings (SSSR count). The van der Waals surface area contributed by atoms with E-state index in [1.165, 1.54) is 5.69 Å². The number of hydrogen-bond donors (Lipinski definition) is 2. The highest BCUT2D eigenvalue weighted by Crippen LogP contribution is 2.18. The van der Waals surface area contributed by atoms with Crippen molar-refractivity contribution < 1.29 is 4.79 Å². The van der Waals surface area contributed by atoms with Gasteiger partial charge in [-0.15, -0.1) is 0 Å². The van der Waals surface area contributed by atoms with Gasteiger partial charge < -0.3 is 15.2 Å². The Kier molecular flexibility index (Phi) is 3.01. The van der Waals surface area contributed by atoms with E-state index in [4.69, 9.17) is 0 Å². The number of amides is 1. The average Bonchev–Trinajstić information content (AvgIpc) is 2.68. The Hall–Kier alpha value is -1.36. The summed E-state index contributed by atoms with van der Waals surface area (Å²) < 4.78 is 2.15. The number of imidazole rings is 1. The largest absolute Gasteiger partial charge is 0.354 e. The maximum absolute atomic E-state index is 11.0. The minimum Gasteiger partial charge on any atom is -0.354 e. The first-order valence-corrected chi connectivity index (χ1v) is 5.23. The summed E-state index contributed by atoms with van der Waals surface area (Å²) in [6.45, 7) is 1.52. The van der Waals surface area contributed by atoms with Crippen LogP contribution in [0.1, 0.15) is 24.6 Å². The predicted molar refractivity (Wildman–Crippen MR) is 56.3 cm³/mol. The molecule has 5 heteroatoms. The second-order valence-electron chi connectivity index (χ2n) is 3.82. The molecule has 2 heterocycles. The van der Waals surface area contributed by atoms with Crippen molar-refractivity contribution in [2.24, 2.45) is 0 Å². The number of piperidine rings is 1. The van der Waals surface area contributed by atoms with Crippen LogP contribution in [0.2, 0.25) is 0 Å². The molecule has 0 aliphatic carbocycles. The van der Waals surface area contributed by atoms with E-state index in [0.29, 0.717) is 19.0 Å². The molecule has 1 amide bonds. The highest BCUT2D eigenvalue weighted by Gasteiger charge is 2.20. The Morgan fingerprint density at radius 1 is 1.73 bits per heavy atom. The zero-order valence-electron chi connectivity index (χ0n) is 8.86. The van der Waals surface area contributed by atoms with Crippen molar-refractivity contribution in [3.63, 3.8) is 0 Å². The van der Waals surface area contributed by atoms with E-state index < -0.39 is 0 Å². The molecule has 2 N–H and O–H groups in total. The molecule has 1 atom stereocenters. The first kappa shape index (κ1) is 10.2. The van der Waals surface area contributed by atoms with Crippen molar-refractivity contribution >= 4 is 5.91 Å². The standard InChI is InChI=1S/C10H16N4O/c1-11-4-9-5-12-7-14(9)8-2-3-10(15)13-6-8/h5,7-8,11H,2-4,6H2,1H3,(H,13,15). The van der Waals surface area contributed by atoms with Crippen LogP contribution in [0.3, 0.4) is 0 Å². The lowest BCUT2D eigenvalue weighted by atomic mass is 10.1. The predicted octanol–water partition coefficient (Wildman–Crippen LogP) is 0.0536. The Morgan fingerprint density at radius 3 is 3.27 bits per heavy atom. The van der Waals surface area contributed by atoms with Crippen LogP contribution < -0.4 is 10.6 Å². The van der Waals surface area contributed by atoms with Crippen LogP contribution in [-0.2, 0) is 11.3 Å². The van der Waals surface area contributed by atoms with Crippen molar-refractivity contribution in [3.05, 3.63) is 18.2 Å². The number of rotatable bonds is 3. The van der Waals surface area contributed by atoms with Gasteiger partial charge in [0.25, 0.3) is 0 Å². The summed E-state index contributed by atoms with van der Waals surface area (Å²) in [7, 11) is 1.92. The zero-order chi connectivity index (χ0) is 10.7. The molecule has 0 bridgehead atoms. The maximum atomic E-state index is 11.0. The molecule has 0 aromatic carbocycles. The van der Waals surface area contributed by atoms with Crippen LogP contribution in [0.4, 0.5) is 0 Å². The fourth-order valence-electron chi connectivity index (χ4n) is 1.94. The summed E-state index contributed by atoms with van der Waals surface area (Å²) >= 11 is 0. The number of carbonyl (C=O) groups excluding carboxylic acids is 1. The maximum Gasteiger partial charge on any atom is 0.220 e. The number of aromatic nitrogens is 2. The second-order valence-corrected chi connectivity index (χ2v) is 3.82. The molecule has 5 nitrogen and oxygen atoms in total. The molecule has 1 unspecified atom stereocenters. The highest BCUT2D eigenvalue weighted by atomic mass is 16.1. The van der Waals surface area contributed by atoms with E-state index in [0.717, 1.165) is 13.0 Å². The summed E-state index contributed by atoms with van der Waals surface area (Å²) in [4.78, 5) is 15.2. The van der Waals surface area contributed by atoms with E-state index in [-0.39, 0.29) is 5.91 Å². The third-order valence-corrected chi connectivity index (χ3v) is 2.74. The summed E-state index contributed by atoms with van der Waals surface area (Å²) in [5.74, 6) is 0.154. The smallest absolute Gasteiger partial charge is 0.220 e. The minimum atomic E-state index is 0.154. The molecular weight excluding hydrogens is 192 g/mol. The van der Waals surface area contributed by atoms with Gasteiger partial charge >= 0.3 is 0 Å². The van der Waals surface area contributed by atoms with Gasteiger partial charge in [0.05, 0.1) is 18.1 Å². The quantitative estimate of drug-likeness (QED) is 0.738. The lowest BCUT2D eigenvalue weighted by Crippen LogP contribution is -2.36. The normalized spacial score (nSPS) is 21.4. The van der Waals surface area contributed by atoms with Crippen LogP contribution >= 0.6 is 0 Å². The first-order chi connectivity index (χ1) is 7.31. The molecule has 1 aliphatic rings. The van der Waals surface area contributed by atoms with Crippen molar-refractivity contribution in [1.82, 2.24) is 20.2 Å². The molecule has 1 fully saturated rings. The van der Waals surface area contributed by atoms with Gasteiger partial charge in [0.15, 0.2) is 0 Å². The van der Waals surface area contributed by atoms with E-state index in [1.807, 2.05) is 19.6 Å². The van der Waals surface area contributed by atoms with Gasteiger partial charge in [-0.2, -0.15) is 0 Å². The van der Waals surface area contributed by atoms with Gasteiger partial charge in [0, 0.05) is 25.7 Å². The number of nitrogens with one attached hydrogen (secondary N) is 2. The highest BCUT2D eigenvalue weighted by molar-refractivity contribution is 5.76. The fraction of sp³-hybridized carbons (Fsp3) is 0.600. The second kappa shape index (κ2) is 4.44. The Labute approximate surface area is 88.9 Å². The van der Waals surface area contributed by atoms with Gasteiger partial charge in [-0.05, 0) is 13.5 Å². The van der Waals surface area contributed by atoms with Crippen LogP contribution in [0.25, 0.3) is 0 Å². The van der Waals surface area contributed by atoms with Crippen LogP contribution in [0.15, 0.2) is 12.5 Å². The van der Waals surface area contributed by atoms with Gasteiger partial charge in [-0.3, -0.25) is 4.79 Å². The minimum absolute atomic E-state index is 0.154. The van der Waals surface area contributed by atoms with Crippen molar-refractivity contribution in [3.8, 4) is 0 Å². The van der Waals surface area contributed by atoms with Crippen LogP contribution in [0.5, 0.6) is 0 Å². The van der Waals surface area contributed by atoms with E-state index >= 15 is 0 Å². The summed E-state index contributed by atoms with van der Waals surface area (Å²) in [6.07, 6.45) is 5.22. The molecule has 1 aromatic heterocycles. The van der Waals surface area contributed by atoms with E-state index in [2.05, 4.69) is 20.2 Å². The number of carbonyl (C=O) groups is 1. The molecule has 0 radical (unpaired) electrons. The Balaban J connectivity index is 2.08. The molecule has 1 aliphatic heterocycles. The van der Waals surface area contributed by atoms with Crippen LogP contribution in [0, 0.1) is 0 Å². The van der Waals surface area contributed by atoms with E-state index in [1.54, 1.807) is 0 Å². The Bertz CT molecular complexity index is 337. The summed E-state index contributed by atoms with van der Waals surface area (Å²) in [5, 5.41) is 5.99. The SMILES string of the molecule is CNCc1cncn1C1CCC(=O)NC1. The summed E-state index contributed by atoms with van der Waals surface area (Å²) in [5.41, 5.74) is 1.17. The van der Waals surface area contributed by atoms with Crippen molar-refractivity contribution in [1.29, 1.82) is 0 Å². The van der Waals surface area contributed by atoms with Crippen LogP contribution in [-0.4, -0.2) is 29.1 Å².